The molecule has 0 atom stereocenters. The Labute approximate surface area is 97.5 Å². The van der Waals surface area contributed by atoms with Gasteiger partial charge in [0.15, 0.2) is 0 Å². The first-order valence-electron chi connectivity index (χ1n) is 5.86. The van der Waals surface area contributed by atoms with E-state index < -0.39 is 0 Å². The van der Waals surface area contributed by atoms with Crippen LogP contribution >= 0.6 is 0 Å². The quantitative estimate of drug-likeness (QED) is 0.682. The van der Waals surface area contributed by atoms with E-state index in [-0.39, 0.29) is 0 Å². The van der Waals surface area contributed by atoms with Crippen molar-refractivity contribution in [2.75, 3.05) is 13.2 Å². The molecule has 1 rings (SSSR count). The van der Waals surface area contributed by atoms with Crippen molar-refractivity contribution in [2.45, 2.75) is 39.3 Å². The van der Waals surface area contributed by atoms with Crippen LogP contribution in [0.5, 0.6) is 0 Å². The van der Waals surface area contributed by atoms with E-state index in [0.717, 1.165) is 38.2 Å². The summed E-state index contributed by atoms with van der Waals surface area (Å²) in [5.74, 6) is 0. The maximum atomic E-state index is 5.46. The highest BCUT2D eigenvalue weighted by atomic mass is 16.5. The molecule has 4 nitrogen and oxygen atoms in total. The summed E-state index contributed by atoms with van der Waals surface area (Å²) in [5, 5.41) is 3.33. The van der Waals surface area contributed by atoms with Gasteiger partial charge in [-0.15, -0.1) is 0 Å². The van der Waals surface area contributed by atoms with E-state index in [1.54, 1.807) is 18.6 Å². The molecule has 0 radical (unpaired) electrons. The lowest BCUT2D eigenvalue weighted by Crippen LogP contribution is -2.16. The van der Waals surface area contributed by atoms with E-state index in [2.05, 4.69) is 29.1 Å². The third-order valence-corrected chi connectivity index (χ3v) is 2.12. The number of unbranched alkanes of at least 4 members (excludes halogenated alkanes) is 1. The summed E-state index contributed by atoms with van der Waals surface area (Å²) in [7, 11) is 0. The maximum Gasteiger partial charge on any atom is 0.0724 e. The van der Waals surface area contributed by atoms with Gasteiger partial charge in [-0.25, -0.2) is 0 Å². The van der Waals surface area contributed by atoms with Crippen molar-refractivity contribution >= 4 is 0 Å². The van der Waals surface area contributed by atoms with Gasteiger partial charge in [0.2, 0.25) is 0 Å². The third-order valence-electron chi connectivity index (χ3n) is 2.12. The van der Waals surface area contributed by atoms with Crippen LogP contribution in [0.2, 0.25) is 0 Å². The Bertz CT molecular complexity index is 264. The van der Waals surface area contributed by atoms with Crippen LogP contribution in [0.15, 0.2) is 18.6 Å². The van der Waals surface area contributed by atoms with Crippen LogP contribution in [0.25, 0.3) is 0 Å². The first-order chi connectivity index (χ1) is 7.79. The molecule has 90 valence electrons. The SMILES string of the molecule is CC(C)OCCCCNCc1cnccn1. The standard InChI is InChI=1S/C12H21N3O/c1-11(2)16-8-4-3-5-13-9-12-10-14-6-7-15-12/h6-7,10-11,13H,3-5,8-9H2,1-2H3. The largest absolute Gasteiger partial charge is 0.379 e. The molecule has 1 aromatic heterocycles. The molecular weight excluding hydrogens is 202 g/mol. The summed E-state index contributed by atoms with van der Waals surface area (Å²) in [5.41, 5.74) is 0.987. The monoisotopic (exact) mass is 223 g/mol. The predicted octanol–water partition coefficient (Wildman–Crippen LogP) is 1.77. The predicted molar refractivity (Wildman–Crippen MR) is 64.1 cm³/mol. The van der Waals surface area contributed by atoms with Crippen molar-refractivity contribution < 1.29 is 4.74 Å². The number of rotatable bonds is 8. The second kappa shape index (κ2) is 8.19. The van der Waals surface area contributed by atoms with Gasteiger partial charge in [0.1, 0.15) is 0 Å². The van der Waals surface area contributed by atoms with Crippen LogP contribution in [0.4, 0.5) is 0 Å². The Kier molecular flexibility index (Phi) is 6.69. The molecule has 0 aliphatic heterocycles. The summed E-state index contributed by atoms with van der Waals surface area (Å²) in [4.78, 5) is 8.20. The normalized spacial score (nSPS) is 10.9. The zero-order valence-electron chi connectivity index (χ0n) is 10.1. The van der Waals surface area contributed by atoms with Gasteiger partial charge in [0.25, 0.3) is 0 Å². The molecular formula is C12H21N3O. The second-order valence-electron chi connectivity index (χ2n) is 4.00. The lowest BCUT2D eigenvalue weighted by atomic mass is 10.3. The minimum absolute atomic E-state index is 0.340. The van der Waals surface area contributed by atoms with Crippen molar-refractivity contribution in [3.63, 3.8) is 0 Å². The smallest absolute Gasteiger partial charge is 0.0724 e. The van der Waals surface area contributed by atoms with Crippen LogP contribution in [0.1, 0.15) is 32.4 Å². The number of aromatic nitrogens is 2. The fraction of sp³-hybridized carbons (Fsp3) is 0.667. The highest BCUT2D eigenvalue weighted by Crippen LogP contribution is 1.94. The van der Waals surface area contributed by atoms with Gasteiger partial charge < -0.3 is 10.1 Å². The zero-order chi connectivity index (χ0) is 11.6. The highest BCUT2D eigenvalue weighted by Gasteiger charge is 1.95. The Hall–Kier alpha value is -1.00. The average molecular weight is 223 g/mol. The van der Waals surface area contributed by atoms with Crippen molar-refractivity contribution in [1.29, 1.82) is 0 Å². The van der Waals surface area contributed by atoms with Crippen molar-refractivity contribution in [3.8, 4) is 0 Å². The molecule has 1 heterocycles. The van der Waals surface area contributed by atoms with Crippen LogP contribution < -0.4 is 5.32 Å². The molecule has 1 N–H and O–H groups in total. The summed E-state index contributed by atoms with van der Waals surface area (Å²) < 4.78 is 5.46. The van der Waals surface area contributed by atoms with E-state index in [0.29, 0.717) is 6.10 Å². The molecule has 1 aromatic rings. The van der Waals surface area contributed by atoms with E-state index in [1.165, 1.54) is 0 Å². The number of hydrogen-bond donors (Lipinski definition) is 1. The van der Waals surface area contributed by atoms with Crippen LogP contribution in [-0.2, 0) is 11.3 Å². The topological polar surface area (TPSA) is 47.0 Å². The van der Waals surface area contributed by atoms with E-state index in [4.69, 9.17) is 4.74 Å². The van der Waals surface area contributed by atoms with Crippen molar-refractivity contribution in [1.82, 2.24) is 15.3 Å². The van der Waals surface area contributed by atoms with E-state index in [1.807, 2.05) is 0 Å². The maximum absolute atomic E-state index is 5.46. The number of nitrogens with zero attached hydrogens (tertiary/aromatic N) is 2. The van der Waals surface area contributed by atoms with Gasteiger partial charge >= 0.3 is 0 Å². The Balaban J connectivity index is 1.93. The minimum Gasteiger partial charge on any atom is -0.379 e. The molecule has 0 aliphatic carbocycles. The lowest BCUT2D eigenvalue weighted by molar-refractivity contribution is 0.0760. The summed E-state index contributed by atoms with van der Waals surface area (Å²) in [6, 6.07) is 0. The third kappa shape index (κ3) is 6.48. The Morgan fingerprint density at radius 3 is 2.88 bits per heavy atom. The van der Waals surface area contributed by atoms with Crippen molar-refractivity contribution in [2.24, 2.45) is 0 Å². The van der Waals surface area contributed by atoms with Gasteiger partial charge in [0.05, 0.1) is 11.8 Å². The van der Waals surface area contributed by atoms with Crippen LogP contribution in [-0.4, -0.2) is 29.2 Å². The molecule has 0 saturated carbocycles. The van der Waals surface area contributed by atoms with Crippen LogP contribution in [0, 0.1) is 0 Å². The average Bonchev–Trinajstić information content (AvgIpc) is 2.29. The van der Waals surface area contributed by atoms with E-state index in [9.17, 15) is 0 Å². The first-order valence-corrected chi connectivity index (χ1v) is 5.86. The van der Waals surface area contributed by atoms with Crippen LogP contribution in [0.3, 0.4) is 0 Å². The van der Waals surface area contributed by atoms with Crippen molar-refractivity contribution in [3.05, 3.63) is 24.3 Å². The Morgan fingerprint density at radius 1 is 1.31 bits per heavy atom. The molecule has 0 saturated heterocycles. The zero-order valence-corrected chi connectivity index (χ0v) is 10.1. The number of ether oxygens (including phenoxy) is 1. The summed E-state index contributed by atoms with van der Waals surface area (Å²) in [6.45, 7) is 6.76. The minimum atomic E-state index is 0.340. The fourth-order valence-electron chi connectivity index (χ4n) is 1.31. The van der Waals surface area contributed by atoms with E-state index >= 15 is 0 Å². The molecule has 16 heavy (non-hydrogen) atoms. The highest BCUT2D eigenvalue weighted by molar-refractivity contribution is 4.93. The summed E-state index contributed by atoms with van der Waals surface area (Å²) in [6.07, 6.45) is 7.76. The fourth-order valence-corrected chi connectivity index (χ4v) is 1.31. The molecule has 0 fully saturated rings. The molecule has 0 spiro atoms. The molecule has 0 aromatic carbocycles. The molecule has 0 amide bonds. The summed E-state index contributed by atoms with van der Waals surface area (Å²) >= 11 is 0. The molecule has 0 aliphatic rings. The first kappa shape index (κ1) is 13.1. The van der Waals surface area contributed by atoms with Gasteiger partial charge in [-0.3, -0.25) is 9.97 Å². The van der Waals surface area contributed by atoms with Gasteiger partial charge in [-0.1, -0.05) is 0 Å². The Morgan fingerprint density at radius 2 is 2.19 bits per heavy atom. The number of nitrogens with one attached hydrogen (secondary N) is 1. The number of hydrogen-bond acceptors (Lipinski definition) is 4. The molecule has 0 bridgehead atoms. The lowest BCUT2D eigenvalue weighted by Gasteiger charge is -2.07. The molecule has 0 unspecified atom stereocenters. The molecule has 4 heteroatoms. The second-order valence-corrected chi connectivity index (χ2v) is 4.00. The van der Waals surface area contributed by atoms with Gasteiger partial charge in [-0.05, 0) is 33.2 Å². The van der Waals surface area contributed by atoms with Gasteiger partial charge in [-0.2, -0.15) is 0 Å². The van der Waals surface area contributed by atoms with Gasteiger partial charge in [0, 0.05) is 31.7 Å².